The Kier molecular flexibility index (Phi) is 11.0. The molecular weight excluding hydrogens is 486 g/mol. The minimum absolute atomic E-state index is 0. The first-order valence-electron chi connectivity index (χ1n) is 12.1. The highest BCUT2D eigenvalue weighted by molar-refractivity contribution is 6.07. The van der Waals surface area contributed by atoms with E-state index in [-0.39, 0.29) is 42.5 Å². The summed E-state index contributed by atoms with van der Waals surface area (Å²) in [5.74, 6) is 0.0200. The fourth-order valence-corrected chi connectivity index (χ4v) is 4.99. The van der Waals surface area contributed by atoms with Crippen molar-refractivity contribution in [2.75, 3.05) is 32.7 Å². The minimum atomic E-state index is -0.173. The number of nitrogens with two attached hydrogens (primary N) is 1. The molecule has 2 heterocycles. The van der Waals surface area contributed by atoms with Crippen LogP contribution in [0.1, 0.15) is 54.1 Å². The molecule has 1 fully saturated rings. The molecule has 0 atom stereocenters. The van der Waals surface area contributed by atoms with Crippen molar-refractivity contribution in [1.82, 2.24) is 14.4 Å². The van der Waals surface area contributed by atoms with Crippen molar-refractivity contribution in [3.8, 4) is 0 Å². The van der Waals surface area contributed by atoms with Crippen molar-refractivity contribution < 1.29 is 9.18 Å². The Morgan fingerprint density at radius 3 is 2.43 bits per heavy atom. The zero-order valence-corrected chi connectivity index (χ0v) is 22.2. The zero-order valence-electron chi connectivity index (χ0n) is 20.6. The Balaban J connectivity index is 0.00000216. The van der Waals surface area contributed by atoms with Gasteiger partial charge in [0.2, 0.25) is 0 Å². The average Bonchev–Trinajstić information content (AvgIpc) is 3.23. The molecule has 35 heavy (non-hydrogen) atoms. The summed E-state index contributed by atoms with van der Waals surface area (Å²) in [6.07, 6.45) is 3.54. The number of benzene rings is 2. The summed E-state index contributed by atoms with van der Waals surface area (Å²) in [5, 5.41) is 1.01. The van der Waals surface area contributed by atoms with E-state index in [0.29, 0.717) is 19.6 Å². The summed E-state index contributed by atoms with van der Waals surface area (Å²) >= 11 is 0. The number of rotatable bonds is 8. The Labute approximate surface area is 220 Å². The summed E-state index contributed by atoms with van der Waals surface area (Å²) in [6, 6.07) is 13.3. The van der Waals surface area contributed by atoms with Crippen LogP contribution in [-0.4, -0.2) is 53.0 Å². The van der Waals surface area contributed by atoms with Gasteiger partial charge in [0.05, 0.1) is 5.56 Å². The molecule has 0 unspecified atom stereocenters. The van der Waals surface area contributed by atoms with Crippen LogP contribution in [-0.2, 0) is 13.1 Å². The van der Waals surface area contributed by atoms with Crippen LogP contribution in [0.2, 0.25) is 0 Å². The van der Waals surface area contributed by atoms with Gasteiger partial charge in [0, 0.05) is 49.8 Å². The second kappa shape index (κ2) is 13.3. The summed E-state index contributed by atoms with van der Waals surface area (Å²) in [4.78, 5) is 17.8. The average molecular weight is 524 g/mol. The second-order valence-corrected chi connectivity index (χ2v) is 8.91. The lowest BCUT2D eigenvalue weighted by Crippen LogP contribution is -2.38. The van der Waals surface area contributed by atoms with Gasteiger partial charge in [-0.2, -0.15) is 0 Å². The maximum Gasteiger partial charge on any atom is 0.256 e. The van der Waals surface area contributed by atoms with Crippen LogP contribution in [0.5, 0.6) is 0 Å². The third kappa shape index (κ3) is 6.36. The number of aromatic nitrogens is 1. The zero-order chi connectivity index (χ0) is 23.4. The van der Waals surface area contributed by atoms with Gasteiger partial charge in [-0.1, -0.05) is 44.2 Å². The quantitative estimate of drug-likeness (QED) is 0.428. The number of hydrogen-bond acceptors (Lipinski definition) is 3. The number of likely N-dealkylation sites (N-methyl/N-ethyl adjacent to an activating group) is 1. The maximum atomic E-state index is 14.4. The third-order valence-electron chi connectivity index (χ3n) is 7.09. The van der Waals surface area contributed by atoms with Gasteiger partial charge in [0.15, 0.2) is 0 Å². The van der Waals surface area contributed by atoms with E-state index in [1.807, 2.05) is 35.4 Å². The number of hydrogen-bond donors (Lipinski definition) is 1. The molecule has 1 aliphatic heterocycles. The molecule has 1 aliphatic rings. The molecule has 0 bridgehead atoms. The van der Waals surface area contributed by atoms with Gasteiger partial charge in [0.1, 0.15) is 5.82 Å². The molecule has 192 valence electrons. The van der Waals surface area contributed by atoms with E-state index in [1.165, 1.54) is 6.07 Å². The number of carbonyl (C=O) groups is 1. The topological polar surface area (TPSA) is 54.5 Å². The van der Waals surface area contributed by atoms with Crippen LogP contribution in [0.4, 0.5) is 4.39 Å². The van der Waals surface area contributed by atoms with E-state index >= 15 is 0 Å². The van der Waals surface area contributed by atoms with Crippen molar-refractivity contribution in [2.45, 2.75) is 45.7 Å². The van der Waals surface area contributed by atoms with E-state index < -0.39 is 0 Å². The second-order valence-electron chi connectivity index (χ2n) is 8.91. The summed E-state index contributed by atoms with van der Waals surface area (Å²) in [5.41, 5.74) is 9.29. The van der Waals surface area contributed by atoms with Gasteiger partial charge in [-0.15, -0.1) is 24.8 Å². The van der Waals surface area contributed by atoms with Crippen LogP contribution in [0.3, 0.4) is 0 Å². The highest BCUT2D eigenvalue weighted by Crippen LogP contribution is 2.32. The first-order valence-corrected chi connectivity index (χ1v) is 12.1. The first-order chi connectivity index (χ1) is 16.0. The number of amides is 1. The predicted molar refractivity (Wildman–Crippen MR) is 146 cm³/mol. The smallest absolute Gasteiger partial charge is 0.256 e. The van der Waals surface area contributed by atoms with E-state index in [1.54, 1.807) is 6.07 Å². The van der Waals surface area contributed by atoms with Crippen molar-refractivity contribution in [1.29, 1.82) is 0 Å². The minimum Gasteiger partial charge on any atom is -0.345 e. The van der Waals surface area contributed by atoms with Gasteiger partial charge >= 0.3 is 0 Å². The van der Waals surface area contributed by atoms with E-state index in [9.17, 15) is 9.18 Å². The lowest BCUT2D eigenvalue weighted by Gasteiger charge is -2.32. The molecular formula is C27H37Cl2FN4O. The fraction of sp³-hybridized carbons (Fsp3) is 0.444. The molecule has 8 heteroatoms. The van der Waals surface area contributed by atoms with Crippen LogP contribution < -0.4 is 5.73 Å². The lowest BCUT2D eigenvalue weighted by atomic mass is 9.88. The standard InChI is InChI=1S/C27H35FN4O.2ClH/c1-3-30(4-2)15-16-32-19-24(22-7-5-6-8-26(22)32)27(33)31-13-11-21(12-14-31)23-17-20(18-29)9-10-25(23)28;;/h5-10,17,19,21H,3-4,11-16,18,29H2,1-2H3;2*1H. The number of carbonyl (C=O) groups excluding carboxylic acids is 1. The van der Waals surface area contributed by atoms with Crippen molar-refractivity contribution in [2.24, 2.45) is 5.73 Å². The highest BCUT2D eigenvalue weighted by Gasteiger charge is 2.28. The SMILES string of the molecule is CCN(CC)CCn1cc(C(=O)N2CCC(c3cc(CN)ccc3F)CC2)c2ccccc21.Cl.Cl. The Bertz CT molecular complexity index is 1110. The monoisotopic (exact) mass is 522 g/mol. The van der Waals surface area contributed by atoms with Crippen molar-refractivity contribution in [3.63, 3.8) is 0 Å². The Hall–Kier alpha value is -2.12. The van der Waals surface area contributed by atoms with E-state index in [2.05, 4.69) is 29.4 Å². The molecule has 3 aromatic rings. The number of piperidine rings is 1. The van der Waals surface area contributed by atoms with Crippen molar-refractivity contribution in [3.05, 3.63) is 71.2 Å². The van der Waals surface area contributed by atoms with Crippen LogP contribution in [0.25, 0.3) is 10.9 Å². The molecule has 1 aromatic heterocycles. The number of likely N-dealkylation sites (tertiary alicyclic amines) is 1. The molecule has 0 spiro atoms. The lowest BCUT2D eigenvalue weighted by molar-refractivity contribution is 0.0714. The predicted octanol–water partition coefficient (Wildman–Crippen LogP) is 5.44. The van der Waals surface area contributed by atoms with Gasteiger partial charge in [0.25, 0.3) is 5.91 Å². The van der Waals surface area contributed by atoms with Gasteiger partial charge < -0.3 is 20.1 Å². The first kappa shape index (κ1) is 29.1. The summed E-state index contributed by atoms with van der Waals surface area (Å²) < 4.78 is 16.7. The highest BCUT2D eigenvalue weighted by atomic mass is 35.5. The van der Waals surface area contributed by atoms with Crippen molar-refractivity contribution >= 4 is 41.6 Å². The number of halogens is 3. The van der Waals surface area contributed by atoms with E-state index in [4.69, 9.17) is 5.73 Å². The van der Waals surface area contributed by atoms with Gasteiger partial charge in [-0.05, 0) is 55.1 Å². The molecule has 2 aromatic carbocycles. The molecule has 0 radical (unpaired) electrons. The third-order valence-corrected chi connectivity index (χ3v) is 7.09. The van der Waals surface area contributed by atoms with Crippen LogP contribution in [0.15, 0.2) is 48.7 Å². The molecule has 0 saturated carbocycles. The molecule has 0 aliphatic carbocycles. The Morgan fingerprint density at radius 2 is 1.77 bits per heavy atom. The molecule has 5 nitrogen and oxygen atoms in total. The molecule has 4 rings (SSSR count). The normalized spacial score (nSPS) is 14.1. The molecule has 2 N–H and O–H groups in total. The van der Waals surface area contributed by atoms with Crippen LogP contribution >= 0.6 is 24.8 Å². The Morgan fingerprint density at radius 1 is 1.09 bits per heavy atom. The maximum absolute atomic E-state index is 14.4. The number of para-hydroxylation sites is 1. The van der Waals surface area contributed by atoms with Crippen LogP contribution in [0, 0.1) is 5.82 Å². The number of nitrogens with zero attached hydrogens (tertiary/aromatic N) is 3. The fourth-order valence-electron chi connectivity index (χ4n) is 4.99. The molecule has 1 amide bonds. The summed E-state index contributed by atoms with van der Waals surface area (Å²) in [6.45, 7) is 9.87. The van der Waals surface area contributed by atoms with Gasteiger partial charge in [-0.3, -0.25) is 4.79 Å². The summed E-state index contributed by atoms with van der Waals surface area (Å²) in [7, 11) is 0. The largest absolute Gasteiger partial charge is 0.345 e. The van der Waals surface area contributed by atoms with Gasteiger partial charge in [-0.25, -0.2) is 4.39 Å². The number of fused-ring (bicyclic) bond motifs is 1. The van der Waals surface area contributed by atoms with E-state index in [0.717, 1.165) is 66.6 Å². The molecule has 1 saturated heterocycles.